The minimum atomic E-state index is 0.128. The number of anilines is 1. The van der Waals surface area contributed by atoms with Crippen LogP contribution in [-0.2, 0) is 16.3 Å². The molecule has 2 aromatic rings. The van der Waals surface area contributed by atoms with E-state index < -0.39 is 0 Å². The van der Waals surface area contributed by atoms with Crippen molar-refractivity contribution in [2.75, 3.05) is 5.32 Å². The lowest BCUT2D eigenvalue weighted by Gasteiger charge is -2.15. The van der Waals surface area contributed by atoms with Gasteiger partial charge in [-0.1, -0.05) is 37.8 Å². The smallest absolute Gasteiger partial charge is 0.225 e. The number of carbonyl (C=O) groups is 1. The number of thioether (sulfide) groups is 1. The number of fused-ring (bicyclic) bond motifs is 1. The first-order valence-corrected chi connectivity index (χ1v) is 10.8. The molecule has 0 spiro atoms. The molecule has 138 valence electrons. The number of amides is 1. The molecule has 1 fully saturated rings. The molecule has 4 rings (SSSR count). The zero-order valence-electron chi connectivity index (χ0n) is 15.7. The van der Waals surface area contributed by atoms with Crippen molar-refractivity contribution in [3.8, 4) is 5.69 Å². The van der Waals surface area contributed by atoms with Gasteiger partial charge in [-0.25, -0.2) is 4.68 Å². The van der Waals surface area contributed by atoms with Gasteiger partial charge in [-0.15, -0.1) is 0 Å². The van der Waals surface area contributed by atoms with Gasteiger partial charge in [0.25, 0.3) is 0 Å². The van der Waals surface area contributed by atoms with Gasteiger partial charge in [0, 0.05) is 23.5 Å². The average Bonchev–Trinajstić information content (AvgIpc) is 3.35. The zero-order valence-corrected chi connectivity index (χ0v) is 16.5. The van der Waals surface area contributed by atoms with Crippen LogP contribution in [0.4, 0.5) is 5.82 Å². The first-order chi connectivity index (χ1) is 12.6. The number of benzene rings is 1. The third-order valence-electron chi connectivity index (χ3n) is 5.87. The Hall–Kier alpha value is -1.75. The van der Waals surface area contributed by atoms with Crippen molar-refractivity contribution in [3.63, 3.8) is 0 Å². The Kier molecular flexibility index (Phi) is 5.07. The molecule has 0 radical (unpaired) electrons. The van der Waals surface area contributed by atoms with Crippen LogP contribution < -0.4 is 5.32 Å². The Morgan fingerprint density at radius 2 is 2.08 bits per heavy atom. The number of carbonyl (C=O) groups excluding carboxylic acids is 1. The van der Waals surface area contributed by atoms with Crippen molar-refractivity contribution in [2.24, 2.45) is 5.92 Å². The summed E-state index contributed by atoms with van der Waals surface area (Å²) in [5.74, 6) is 3.61. The van der Waals surface area contributed by atoms with E-state index in [2.05, 4.69) is 37.4 Å². The van der Waals surface area contributed by atoms with Gasteiger partial charge in [0.15, 0.2) is 0 Å². The van der Waals surface area contributed by atoms with Gasteiger partial charge in [0.05, 0.1) is 11.4 Å². The second-order valence-corrected chi connectivity index (χ2v) is 8.62. The minimum absolute atomic E-state index is 0.128. The minimum Gasteiger partial charge on any atom is -0.310 e. The van der Waals surface area contributed by atoms with E-state index in [0.29, 0.717) is 6.42 Å². The summed E-state index contributed by atoms with van der Waals surface area (Å²) < 4.78 is 1.96. The van der Waals surface area contributed by atoms with Crippen molar-refractivity contribution in [3.05, 3.63) is 40.6 Å². The molecule has 0 atom stereocenters. The monoisotopic (exact) mass is 369 g/mol. The lowest BCUT2D eigenvalue weighted by molar-refractivity contribution is -0.116. The maximum atomic E-state index is 12.6. The Labute approximate surface area is 159 Å². The van der Waals surface area contributed by atoms with E-state index in [0.717, 1.165) is 41.0 Å². The molecule has 1 saturated carbocycles. The van der Waals surface area contributed by atoms with Gasteiger partial charge in [0.2, 0.25) is 5.91 Å². The number of aromatic nitrogens is 2. The van der Waals surface area contributed by atoms with Gasteiger partial charge >= 0.3 is 0 Å². The van der Waals surface area contributed by atoms with E-state index in [1.165, 1.54) is 42.4 Å². The predicted molar refractivity (Wildman–Crippen MR) is 108 cm³/mol. The van der Waals surface area contributed by atoms with E-state index in [1.807, 2.05) is 16.4 Å². The van der Waals surface area contributed by atoms with E-state index >= 15 is 0 Å². The van der Waals surface area contributed by atoms with Crippen LogP contribution in [0.2, 0.25) is 0 Å². The van der Waals surface area contributed by atoms with Crippen molar-refractivity contribution in [2.45, 2.75) is 63.9 Å². The van der Waals surface area contributed by atoms with E-state index in [4.69, 9.17) is 5.10 Å². The average molecular weight is 370 g/mol. The lowest BCUT2D eigenvalue weighted by atomic mass is 10.0. The number of nitrogens with one attached hydrogen (secondary N) is 1. The summed E-state index contributed by atoms with van der Waals surface area (Å²) in [4.78, 5) is 12.6. The second-order valence-electron chi connectivity index (χ2n) is 7.63. The van der Waals surface area contributed by atoms with Crippen LogP contribution >= 0.6 is 11.8 Å². The van der Waals surface area contributed by atoms with Gasteiger partial charge in [0.1, 0.15) is 5.82 Å². The fourth-order valence-electron chi connectivity index (χ4n) is 4.11. The highest BCUT2D eigenvalue weighted by atomic mass is 32.2. The predicted octanol–water partition coefficient (Wildman–Crippen LogP) is 5.14. The molecule has 0 saturated heterocycles. The molecular formula is C21H27N3OS. The normalized spacial score (nSPS) is 16.8. The number of nitrogens with zero attached hydrogens (tertiary/aromatic N) is 2. The molecule has 1 aromatic carbocycles. The molecule has 1 N–H and O–H groups in total. The maximum Gasteiger partial charge on any atom is 0.225 e. The molecule has 1 amide bonds. The topological polar surface area (TPSA) is 46.9 Å². The van der Waals surface area contributed by atoms with Crippen molar-refractivity contribution >= 4 is 23.5 Å². The Balaban J connectivity index is 1.58. The highest BCUT2D eigenvalue weighted by Gasteiger charge is 2.25. The molecule has 1 aliphatic carbocycles. The first kappa shape index (κ1) is 17.7. The van der Waals surface area contributed by atoms with Crippen LogP contribution in [0.15, 0.2) is 18.2 Å². The number of hydrogen-bond donors (Lipinski definition) is 1. The molecule has 2 aliphatic rings. The molecular weight excluding hydrogens is 342 g/mol. The Bertz CT molecular complexity index is 821. The van der Waals surface area contributed by atoms with E-state index in [1.54, 1.807) is 0 Å². The molecule has 5 heteroatoms. The Morgan fingerprint density at radius 3 is 2.88 bits per heavy atom. The SMILES string of the molecule is Cc1cccc(-n2nc3c(c2NC(=O)CCC2CCCC2)CSC3)c1C. The third kappa shape index (κ3) is 3.41. The molecule has 4 nitrogen and oxygen atoms in total. The van der Waals surface area contributed by atoms with Crippen LogP contribution in [0.3, 0.4) is 0 Å². The largest absolute Gasteiger partial charge is 0.310 e. The van der Waals surface area contributed by atoms with E-state index in [9.17, 15) is 4.79 Å². The van der Waals surface area contributed by atoms with Crippen molar-refractivity contribution < 1.29 is 4.79 Å². The van der Waals surface area contributed by atoms with Gasteiger partial charge in [-0.2, -0.15) is 16.9 Å². The van der Waals surface area contributed by atoms with Crippen LogP contribution in [-0.4, -0.2) is 15.7 Å². The standard InChI is InChI=1S/C21H27N3OS/c1-14-6-5-9-19(15(14)2)24-21(17-12-26-13-18(17)23-24)22-20(25)11-10-16-7-3-4-8-16/h5-6,9,16H,3-4,7-8,10-13H2,1-2H3,(H,22,25). The first-order valence-electron chi connectivity index (χ1n) is 9.68. The lowest BCUT2D eigenvalue weighted by Crippen LogP contribution is -2.17. The summed E-state index contributed by atoms with van der Waals surface area (Å²) in [6.45, 7) is 4.24. The number of aryl methyl sites for hydroxylation is 1. The van der Waals surface area contributed by atoms with Gasteiger partial charge in [-0.3, -0.25) is 4.79 Å². The van der Waals surface area contributed by atoms with E-state index in [-0.39, 0.29) is 5.91 Å². The van der Waals surface area contributed by atoms with Crippen molar-refractivity contribution in [1.82, 2.24) is 9.78 Å². The van der Waals surface area contributed by atoms with Gasteiger partial charge < -0.3 is 5.32 Å². The summed E-state index contributed by atoms with van der Waals surface area (Å²) in [5, 5.41) is 8.04. The Morgan fingerprint density at radius 1 is 1.27 bits per heavy atom. The molecule has 2 heterocycles. The summed E-state index contributed by atoms with van der Waals surface area (Å²) in [6.07, 6.45) is 6.87. The highest BCUT2D eigenvalue weighted by molar-refractivity contribution is 7.98. The molecule has 1 aromatic heterocycles. The van der Waals surface area contributed by atoms with Crippen LogP contribution in [0.5, 0.6) is 0 Å². The fourth-order valence-corrected chi connectivity index (χ4v) is 5.14. The number of hydrogen-bond acceptors (Lipinski definition) is 3. The zero-order chi connectivity index (χ0) is 18.1. The second kappa shape index (κ2) is 7.47. The van der Waals surface area contributed by atoms with Crippen LogP contribution in [0, 0.1) is 19.8 Å². The van der Waals surface area contributed by atoms with Crippen molar-refractivity contribution in [1.29, 1.82) is 0 Å². The summed E-state index contributed by atoms with van der Waals surface area (Å²) in [6, 6.07) is 6.27. The quantitative estimate of drug-likeness (QED) is 0.793. The third-order valence-corrected chi connectivity index (χ3v) is 6.84. The summed E-state index contributed by atoms with van der Waals surface area (Å²) >= 11 is 1.87. The molecule has 0 unspecified atom stereocenters. The fraction of sp³-hybridized carbons (Fsp3) is 0.524. The molecule has 0 bridgehead atoms. The van der Waals surface area contributed by atoms with Crippen LogP contribution in [0.1, 0.15) is 60.9 Å². The maximum absolute atomic E-state index is 12.6. The van der Waals surface area contributed by atoms with Crippen LogP contribution in [0.25, 0.3) is 5.69 Å². The summed E-state index contributed by atoms with van der Waals surface area (Å²) in [5.41, 5.74) is 5.83. The summed E-state index contributed by atoms with van der Waals surface area (Å²) in [7, 11) is 0. The number of rotatable bonds is 5. The molecule has 1 aliphatic heterocycles. The van der Waals surface area contributed by atoms with Gasteiger partial charge in [-0.05, 0) is 43.4 Å². The molecule has 26 heavy (non-hydrogen) atoms. The highest BCUT2D eigenvalue weighted by Crippen LogP contribution is 2.37.